The summed E-state index contributed by atoms with van der Waals surface area (Å²) in [6, 6.07) is 7.04. The van der Waals surface area contributed by atoms with E-state index in [9.17, 15) is 9.59 Å². The van der Waals surface area contributed by atoms with Crippen LogP contribution in [-0.4, -0.2) is 42.4 Å². The van der Waals surface area contributed by atoms with E-state index in [0.717, 1.165) is 19.4 Å². The highest BCUT2D eigenvalue weighted by atomic mass is 16.5. The molecule has 8 heteroatoms. The van der Waals surface area contributed by atoms with Crippen LogP contribution in [0.5, 0.6) is 11.5 Å². The maximum Gasteiger partial charge on any atom is 0.230 e. The number of hydrogen-bond acceptors (Lipinski definition) is 5. The third-order valence-corrected chi connectivity index (χ3v) is 4.86. The number of unbranched alkanes of at least 4 members (excludes halogenated alkanes) is 1. The van der Waals surface area contributed by atoms with E-state index in [1.165, 1.54) is 0 Å². The summed E-state index contributed by atoms with van der Waals surface area (Å²) in [5.41, 5.74) is 0.607. The highest BCUT2D eigenvalue weighted by molar-refractivity contribution is 6.04. The Balaban J connectivity index is 1.72. The maximum atomic E-state index is 12.8. The van der Waals surface area contributed by atoms with Crippen molar-refractivity contribution in [1.82, 2.24) is 9.78 Å². The van der Waals surface area contributed by atoms with Gasteiger partial charge in [0.15, 0.2) is 0 Å². The number of benzene rings is 1. The first kappa shape index (κ1) is 19.7. The van der Waals surface area contributed by atoms with Crippen molar-refractivity contribution in [2.24, 2.45) is 5.92 Å². The number of ether oxygens (including phenoxy) is 2. The van der Waals surface area contributed by atoms with Gasteiger partial charge in [0.2, 0.25) is 11.8 Å². The monoisotopic (exact) mass is 386 g/mol. The van der Waals surface area contributed by atoms with Crippen LogP contribution < -0.4 is 19.7 Å². The molecule has 1 fully saturated rings. The molecule has 3 rings (SSSR count). The summed E-state index contributed by atoms with van der Waals surface area (Å²) >= 11 is 0. The molecule has 1 N–H and O–H groups in total. The number of nitrogens with one attached hydrogen (secondary N) is 1. The Bertz CT molecular complexity index is 848. The minimum absolute atomic E-state index is 0.119. The summed E-state index contributed by atoms with van der Waals surface area (Å²) < 4.78 is 12.4. The normalized spacial score (nSPS) is 16.3. The number of carbonyl (C=O) groups excluding carboxylic acids is 2. The zero-order valence-electron chi connectivity index (χ0n) is 16.5. The van der Waals surface area contributed by atoms with Crippen LogP contribution in [0.15, 0.2) is 30.5 Å². The highest BCUT2D eigenvalue weighted by Crippen LogP contribution is 2.36. The van der Waals surface area contributed by atoms with Crippen LogP contribution >= 0.6 is 0 Å². The van der Waals surface area contributed by atoms with E-state index in [1.807, 2.05) is 0 Å². The van der Waals surface area contributed by atoms with Gasteiger partial charge in [0.25, 0.3) is 0 Å². The number of hydrogen-bond donors (Lipinski definition) is 1. The predicted octanol–water partition coefficient (Wildman–Crippen LogP) is 2.69. The molecule has 8 nitrogen and oxygen atoms in total. The molecule has 0 saturated carbocycles. The fraction of sp³-hybridized carbons (Fsp3) is 0.450. The lowest BCUT2D eigenvalue weighted by Crippen LogP contribution is -2.29. The Morgan fingerprint density at radius 3 is 2.82 bits per heavy atom. The summed E-state index contributed by atoms with van der Waals surface area (Å²) in [7, 11) is 3.11. The van der Waals surface area contributed by atoms with E-state index >= 15 is 0 Å². The number of anilines is 2. The van der Waals surface area contributed by atoms with Gasteiger partial charge in [-0.05, 0) is 18.6 Å². The lowest BCUT2D eigenvalue weighted by molar-refractivity contribution is -0.122. The van der Waals surface area contributed by atoms with Crippen molar-refractivity contribution in [2.75, 3.05) is 31.0 Å². The molecule has 0 bridgehead atoms. The zero-order valence-corrected chi connectivity index (χ0v) is 16.5. The minimum Gasteiger partial charge on any atom is -0.497 e. The minimum atomic E-state index is -0.446. The molecule has 0 spiro atoms. The fourth-order valence-corrected chi connectivity index (χ4v) is 3.28. The molecular formula is C20H26N4O4. The van der Waals surface area contributed by atoms with Gasteiger partial charge in [-0.1, -0.05) is 13.3 Å². The maximum absolute atomic E-state index is 12.8. The van der Waals surface area contributed by atoms with E-state index in [4.69, 9.17) is 9.47 Å². The summed E-state index contributed by atoms with van der Waals surface area (Å²) in [6.45, 7) is 3.14. The lowest BCUT2D eigenvalue weighted by atomic mass is 10.1. The molecule has 28 heavy (non-hydrogen) atoms. The summed E-state index contributed by atoms with van der Waals surface area (Å²) in [5, 5.41) is 7.16. The van der Waals surface area contributed by atoms with Gasteiger partial charge in [-0.3, -0.25) is 9.59 Å². The quantitative estimate of drug-likeness (QED) is 0.754. The molecule has 1 saturated heterocycles. The molecule has 0 radical (unpaired) electrons. The summed E-state index contributed by atoms with van der Waals surface area (Å²) in [4.78, 5) is 26.9. The number of amides is 2. The van der Waals surface area contributed by atoms with Crippen LogP contribution in [0, 0.1) is 5.92 Å². The molecule has 2 amide bonds. The van der Waals surface area contributed by atoms with Crippen molar-refractivity contribution in [3.05, 3.63) is 30.5 Å². The number of rotatable bonds is 8. The van der Waals surface area contributed by atoms with E-state index in [1.54, 1.807) is 54.3 Å². The molecule has 1 unspecified atom stereocenters. The number of nitrogens with zero attached hydrogens (tertiary/aromatic N) is 3. The first-order chi connectivity index (χ1) is 13.6. The van der Waals surface area contributed by atoms with Crippen molar-refractivity contribution in [1.29, 1.82) is 0 Å². The van der Waals surface area contributed by atoms with Crippen LogP contribution in [0.1, 0.15) is 26.2 Å². The Hall–Kier alpha value is -3.03. The second-order valence-electron chi connectivity index (χ2n) is 6.73. The smallest absolute Gasteiger partial charge is 0.230 e. The molecular weight excluding hydrogens is 360 g/mol. The first-order valence-corrected chi connectivity index (χ1v) is 9.42. The zero-order chi connectivity index (χ0) is 20.1. The van der Waals surface area contributed by atoms with Crippen LogP contribution in [0.4, 0.5) is 11.5 Å². The van der Waals surface area contributed by atoms with E-state index in [2.05, 4.69) is 17.3 Å². The van der Waals surface area contributed by atoms with Gasteiger partial charge in [0, 0.05) is 31.6 Å². The highest BCUT2D eigenvalue weighted by Gasteiger charge is 2.36. The van der Waals surface area contributed by atoms with Gasteiger partial charge in [0.05, 0.1) is 32.0 Å². The molecule has 1 aliphatic heterocycles. The molecule has 1 aliphatic rings. The molecule has 1 atom stereocenters. The largest absolute Gasteiger partial charge is 0.497 e. The second kappa shape index (κ2) is 8.77. The SMILES string of the molecule is CCCCn1nccc1NC(=O)C1CC(=O)N(c2cc(OC)ccc2OC)C1. The van der Waals surface area contributed by atoms with Gasteiger partial charge < -0.3 is 19.7 Å². The molecule has 1 aromatic carbocycles. The lowest BCUT2D eigenvalue weighted by Gasteiger charge is -2.20. The topological polar surface area (TPSA) is 85.7 Å². The number of methoxy groups -OCH3 is 2. The number of aryl methyl sites for hydroxylation is 1. The van der Waals surface area contributed by atoms with E-state index in [-0.39, 0.29) is 24.8 Å². The third kappa shape index (κ3) is 4.11. The second-order valence-corrected chi connectivity index (χ2v) is 6.73. The number of aromatic nitrogens is 2. The average molecular weight is 386 g/mol. The summed E-state index contributed by atoms with van der Waals surface area (Å²) in [5.74, 6) is 1.09. The van der Waals surface area contributed by atoms with Gasteiger partial charge in [-0.25, -0.2) is 4.68 Å². The van der Waals surface area contributed by atoms with Crippen molar-refractivity contribution >= 4 is 23.3 Å². The molecule has 150 valence electrons. The van der Waals surface area contributed by atoms with Gasteiger partial charge >= 0.3 is 0 Å². The van der Waals surface area contributed by atoms with Gasteiger partial charge in [0.1, 0.15) is 17.3 Å². The Kier molecular flexibility index (Phi) is 6.18. The third-order valence-electron chi connectivity index (χ3n) is 4.86. The number of carbonyl (C=O) groups is 2. The Labute approximate surface area is 164 Å². The predicted molar refractivity (Wildman–Crippen MR) is 106 cm³/mol. The van der Waals surface area contributed by atoms with Crippen LogP contribution in [-0.2, 0) is 16.1 Å². The molecule has 2 heterocycles. The van der Waals surface area contributed by atoms with Gasteiger partial charge in [-0.2, -0.15) is 5.10 Å². The summed E-state index contributed by atoms with van der Waals surface area (Å²) in [6.07, 6.45) is 3.84. The van der Waals surface area contributed by atoms with Crippen LogP contribution in [0.25, 0.3) is 0 Å². The van der Waals surface area contributed by atoms with Crippen molar-refractivity contribution in [3.63, 3.8) is 0 Å². The van der Waals surface area contributed by atoms with Crippen molar-refractivity contribution in [3.8, 4) is 11.5 Å². The average Bonchev–Trinajstić information content (AvgIpc) is 3.31. The molecule has 1 aromatic heterocycles. The van der Waals surface area contributed by atoms with Gasteiger partial charge in [-0.15, -0.1) is 0 Å². The first-order valence-electron chi connectivity index (χ1n) is 9.42. The Morgan fingerprint density at radius 1 is 1.29 bits per heavy atom. The molecule has 2 aromatic rings. The van der Waals surface area contributed by atoms with Crippen LogP contribution in [0.3, 0.4) is 0 Å². The van der Waals surface area contributed by atoms with Crippen LogP contribution in [0.2, 0.25) is 0 Å². The van der Waals surface area contributed by atoms with Crippen molar-refractivity contribution in [2.45, 2.75) is 32.7 Å². The fourth-order valence-electron chi connectivity index (χ4n) is 3.28. The molecule has 0 aliphatic carbocycles. The Morgan fingerprint density at radius 2 is 2.11 bits per heavy atom. The van der Waals surface area contributed by atoms with Crippen molar-refractivity contribution < 1.29 is 19.1 Å². The van der Waals surface area contributed by atoms with E-state index < -0.39 is 5.92 Å². The van der Waals surface area contributed by atoms with E-state index in [0.29, 0.717) is 23.0 Å². The standard InChI is InChI=1S/C20H26N4O4/c1-4-5-10-24-18(8-9-21-24)22-20(26)14-11-19(25)23(13-14)16-12-15(27-2)6-7-17(16)28-3/h6-9,12,14H,4-5,10-11,13H2,1-3H3,(H,22,26).